The summed E-state index contributed by atoms with van der Waals surface area (Å²) in [6.07, 6.45) is 3.52. The molecule has 3 rings (SSSR count). The topological polar surface area (TPSA) is 64.0 Å². The number of nitrogens with zero attached hydrogens (tertiary/aromatic N) is 2. The van der Waals surface area contributed by atoms with Crippen molar-refractivity contribution in [1.82, 2.24) is 9.78 Å². The second-order valence-corrected chi connectivity index (χ2v) is 8.56. The van der Waals surface area contributed by atoms with Crippen molar-refractivity contribution in [2.24, 2.45) is 0 Å². The molecule has 0 unspecified atom stereocenters. The Balaban J connectivity index is 1.79. The molecule has 1 N–H and O–H groups in total. The van der Waals surface area contributed by atoms with Gasteiger partial charge in [0.1, 0.15) is 0 Å². The van der Waals surface area contributed by atoms with Crippen LogP contribution in [-0.2, 0) is 15.4 Å². The lowest BCUT2D eigenvalue weighted by Gasteiger charge is -2.19. The van der Waals surface area contributed by atoms with Gasteiger partial charge in [-0.25, -0.2) is 13.1 Å². The minimum absolute atomic E-state index is 0.0158. The fourth-order valence-electron chi connectivity index (χ4n) is 2.45. The fraction of sp³-hybridized carbons (Fsp3) is 0.211. The number of benzene rings is 2. The molecular weight excluding hydrogens is 334 g/mol. The average Bonchev–Trinajstić information content (AvgIpc) is 3.09. The monoisotopic (exact) mass is 355 g/mol. The first kappa shape index (κ1) is 17.2. The minimum atomic E-state index is -3.61. The highest BCUT2D eigenvalue weighted by Crippen LogP contribution is 2.24. The highest BCUT2D eigenvalue weighted by Gasteiger charge is 2.17. The van der Waals surface area contributed by atoms with Crippen molar-refractivity contribution in [3.63, 3.8) is 0 Å². The van der Waals surface area contributed by atoms with Gasteiger partial charge in [0.2, 0.25) is 0 Å². The minimum Gasteiger partial charge on any atom is -0.280 e. The zero-order valence-corrected chi connectivity index (χ0v) is 15.3. The Morgan fingerprint density at radius 3 is 2.12 bits per heavy atom. The molecule has 0 aliphatic carbocycles. The molecule has 6 heteroatoms. The molecule has 0 aliphatic heterocycles. The molecule has 0 amide bonds. The van der Waals surface area contributed by atoms with Crippen LogP contribution in [0.15, 0.2) is 71.9 Å². The average molecular weight is 355 g/mol. The van der Waals surface area contributed by atoms with Gasteiger partial charge in [-0.3, -0.25) is 4.72 Å². The van der Waals surface area contributed by atoms with E-state index in [1.807, 2.05) is 36.5 Å². The molecule has 2 aromatic carbocycles. The van der Waals surface area contributed by atoms with Crippen LogP contribution in [-0.4, -0.2) is 18.2 Å². The molecule has 130 valence electrons. The van der Waals surface area contributed by atoms with Gasteiger partial charge in [0.15, 0.2) is 0 Å². The molecule has 0 fully saturated rings. The molecule has 25 heavy (non-hydrogen) atoms. The van der Waals surface area contributed by atoms with Crippen molar-refractivity contribution in [1.29, 1.82) is 0 Å². The molecule has 0 aliphatic rings. The molecule has 0 saturated heterocycles. The Morgan fingerprint density at radius 2 is 1.60 bits per heavy atom. The van der Waals surface area contributed by atoms with Crippen LogP contribution in [0, 0.1) is 0 Å². The molecular formula is C19H21N3O2S. The summed E-state index contributed by atoms with van der Waals surface area (Å²) in [4.78, 5) is 0.247. The number of hydrogen-bond donors (Lipinski definition) is 1. The van der Waals surface area contributed by atoms with Crippen LogP contribution in [0.4, 0.5) is 5.69 Å². The van der Waals surface area contributed by atoms with Gasteiger partial charge < -0.3 is 0 Å². The van der Waals surface area contributed by atoms with Gasteiger partial charge in [-0.15, -0.1) is 0 Å². The number of aromatic nitrogens is 2. The lowest BCUT2D eigenvalue weighted by atomic mass is 9.87. The van der Waals surface area contributed by atoms with E-state index in [-0.39, 0.29) is 10.3 Å². The highest BCUT2D eigenvalue weighted by molar-refractivity contribution is 7.92. The maximum absolute atomic E-state index is 12.5. The van der Waals surface area contributed by atoms with E-state index < -0.39 is 10.0 Å². The van der Waals surface area contributed by atoms with E-state index in [0.29, 0.717) is 5.69 Å². The van der Waals surface area contributed by atoms with Crippen LogP contribution in [0.2, 0.25) is 0 Å². The summed E-state index contributed by atoms with van der Waals surface area (Å²) >= 11 is 0. The summed E-state index contributed by atoms with van der Waals surface area (Å²) in [5, 5.41) is 4.14. The SMILES string of the molecule is CC(C)(C)c1ccc(S(=O)(=O)Nc2ccc(-n3cccn3)cc2)cc1. The zero-order valence-electron chi connectivity index (χ0n) is 14.5. The van der Waals surface area contributed by atoms with Gasteiger partial charge in [0.25, 0.3) is 10.0 Å². The maximum Gasteiger partial charge on any atom is 0.261 e. The van der Waals surface area contributed by atoms with E-state index in [0.717, 1.165) is 11.3 Å². The molecule has 3 aromatic rings. The van der Waals surface area contributed by atoms with E-state index in [2.05, 4.69) is 30.6 Å². The predicted octanol–water partition coefficient (Wildman–Crippen LogP) is 3.97. The highest BCUT2D eigenvalue weighted by atomic mass is 32.2. The van der Waals surface area contributed by atoms with Crippen LogP contribution in [0.3, 0.4) is 0 Å². The Labute approximate surface area is 148 Å². The summed E-state index contributed by atoms with van der Waals surface area (Å²) in [6.45, 7) is 6.28. The molecule has 0 bridgehead atoms. The van der Waals surface area contributed by atoms with E-state index in [1.165, 1.54) is 0 Å². The molecule has 0 saturated carbocycles. The quantitative estimate of drug-likeness (QED) is 0.770. The predicted molar refractivity (Wildman–Crippen MR) is 99.5 cm³/mol. The van der Waals surface area contributed by atoms with Crippen molar-refractivity contribution in [2.45, 2.75) is 31.1 Å². The standard InChI is InChI=1S/C19H21N3O2S/c1-19(2,3)15-5-11-18(12-6-15)25(23,24)21-16-7-9-17(10-8-16)22-14-4-13-20-22/h4-14,21H,1-3H3. The summed E-state index contributed by atoms with van der Waals surface area (Å²) in [7, 11) is -3.61. The largest absolute Gasteiger partial charge is 0.280 e. The molecule has 1 heterocycles. The Bertz CT molecular complexity index is 937. The zero-order chi connectivity index (χ0) is 18.1. The van der Waals surface area contributed by atoms with Crippen molar-refractivity contribution in [3.8, 4) is 5.69 Å². The van der Waals surface area contributed by atoms with Gasteiger partial charge >= 0.3 is 0 Å². The summed E-state index contributed by atoms with van der Waals surface area (Å²) < 4.78 is 29.4. The van der Waals surface area contributed by atoms with Crippen LogP contribution in [0.25, 0.3) is 5.69 Å². The van der Waals surface area contributed by atoms with E-state index in [4.69, 9.17) is 0 Å². The van der Waals surface area contributed by atoms with Gasteiger partial charge in [-0.05, 0) is 53.4 Å². The lowest BCUT2D eigenvalue weighted by molar-refractivity contribution is 0.587. The van der Waals surface area contributed by atoms with Crippen molar-refractivity contribution in [3.05, 3.63) is 72.6 Å². The number of rotatable bonds is 4. The van der Waals surface area contributed by atoms with E-state index in [1.54, 1.807) is 35.1 Å². The normalized spacial score (nSPS) is 12.1. The molecule has 0 spiro atoms. The van der Waals surface area contributed by atoms with Gasteiger partial charge in [-0.2, -0.15) is 5.10 Å². The Hall–Kier alpha value is -2.60. The second-order valence-electron chi connectivity index (χ2n) is 6.88. The number of anilines is 1. The number of hydrogen-bond acceptors (Lipinski definition) is 3. The molecule has 0 radical (unpaired) electrons. The molecule has 0 atom stereocenters. The third-order valence-electron chi connectivity index (χ3n) is 3.92. The van der Waals surface area contributed by atoms with Crippen LogP contribution in [0.5, 0.6) is 0 Å². The van der Waals surface area contributed by atoms with Crippen LogP contribution >= 0.6 is 0 Å². The second kappa shape index (κ2) is 6.37. The maximum atomic E-state index is 12.5. The van der Waals surface area contributed by atoms with Gasteiger partial charge in [0, 0.05) is 18.1 Å². The fourth-order valence-corrected chi connectivity index (χ4v) is 3.51. The van der Waals surface area contributed by atoms with Crippen molar-refractivity contribution in [2.75, 3.05) is 4.72 Å². The summed E-state index contributed by atoms with van der Waals surface area (Å²) in [5.74, 6) is 0. The summed E-state index contributed by atoms with van der Waals surface area (Å²) in [5.41, 5.74) is 2.45. The first-order valence-corrected chi connectivity index (χ1v) is 9.47. The first-order valence-electron chi connectivity index (χ1n) is 7.99. The third-order valence-corrected chi connectivity index (χ3v) is 5.32. The lowest BCUT2D eigenvalue weighted by Crippen LogP contribution is -2.15. The number of nitrogens with one attached hydrogen (secondary N) is 1. The smallest absolute Gasteiger partial charge is 0.261 e. The van der Waals surface area contributed by atoms with Crippen molar-refractivity contribution < 1.29 is 8.42 Å². The van der Waals surface area contributed by atoms with Gasteiger partial charge in [-0.1, -0.05) is 32.9 Å². The Morgan fingerprint density at radius 1 is 0.960 bits per heavy atom. The molecule has 5 nitrogen and oxygen atoms in total. The van der Waals surface area contributed by atoms with E-state index >= 15 is 0 Å². The third kappa shape index (κ3) is 3.91. The van der Waals surface area contributed by atoms with Crippen molar-refractivity contribution >= 4 is 15.7 Å². The van der Waals surface area contributed by atoms with Crippen LogP contribution < -0.4 is 4.72 Å². The Kier molecular flexibility index (Phi) is 4.39. The first-order chi connectivity index (χ1) is 11.8. The number of sulfonamides is 1. The van der Waals surface area contributed by atoms with Gasteiger partial charge in [0.05, 0.1) is 10.6 Å². The van der Waals surface area contributed by atoms with E-state index in [9.17, 15) is 8.42 Å². The van der Waals surface area contributed by atoms with Crippen LogP contribution in [0.1, 0.15) is 26.3 Å². The molecule has 1 aromatic heterocycles. The summed E-state index contributed by atoms with van der Waals surface area (Å²) in [6, 6.07) is 15.9.